The molecule has 1 N–H and O–H groups in total. The normalized spacial score (nSPS) is 9.65. The van der Waals surface area contributed by atoms with Gasteiger partial charge in [-0.2, -0.15) is 0 Å². The van der Waals surface area contributed by atoms with Crippen molar-refractivity contribution in [1.29, 1.82) is 0 Å². The number of hydrogen-bond acceptors (Lipinski definition) is 3. The lowest BCUT2D eigenvalue weighted by molar-refractivity contribution is -0.111. The van der Waals surface area contributed by atoms with Crippen LogP contribution in [0, 0.1) is 4.91 Å². The summed E-state index contributed by atoms with van der Waals surface area (Å²) in [5, 5.41) is 5.47. The number of nitrogens with one attached hydrogen (secondary N) is 1. The molecule has 1 aromatic carbocycles. The van der Waals surface area contributed by atoms with E-state index in [0.29, 0.717) is 5.69 Å². The Balaban J connectivity index is 2.98. The molecule has 0 atom stereocenters. The summed E-state index contributed by atoms with van der Waals surface area (Å²) in [5.41, 5.74) is 1.24. The minimum atomic E-state index is -0.288. The van der Waals surface area contributed by atoms with Crippen LogP contribution in [0.3, 0.4) is 0 Å². The molecule has 0 fully saturated rings. The van der Waals surface area contributed by atoms with Gasteiger partial charge in [-0.15, -0.1) is 4.91 Å². The molecule has 4 nitrogen and oxygen atoms in total. The van der Waals surface area contributed by atoms with Crippen molar-refractivity contribution in [1.82, 2.24) is 0 Å². The number of carbonyl (C=O) groups is 1. The molecule has 0 aliphatic carbocycles. The molecule has 6 heteroatoms. The Labute approximate surface area is 109 Å². The van der Waals surface area contributed by atoms with Crippen LogP contribution in [0.25, 0.3) is 0 Å². The third-order valence-corrected chi connectivity index (χ3v) is 2.37. The van der Waals surface area contributed by atoms with Crippen molar-refractivity contribution in [3.8, 4) is 0 Å². The van der Waals surface area contributed by atoms with Gasteiger partial charge in [0.15, 0.2) is 0 Å². The number of nitroso groups, excluding NO2 is 1. The molecule has 0 aliphatic heterocycles. The van der Waals surface area contributed by atoms with E-state index in [9.17, 15) is 9.70 Å². The first kappa shape index (κ1) is 13.7. The highest BCUT2D eigenvalue weighted by molar-refractivity contribution is 6.39. The summed E-state index contributed by atoms with van der Waals surface area (Å²) in [6, 6.07) is 2.84. The molecule has 0 unspecified atom stereocenters. The first-order valence-electron chi connectivity index (χ1n) is 4.72. The fourth-order valence-corrected chi connectivity index (χ4v) is 1.72. The molecule has 0 bridgehead atoms. The van der Waals surface area contributed by atoms with Crippen molar-refractivity contribution in [2.24, 2.45) is 5.18 Å². The number of benzene rings is 1. The van der Waals surface area contributed by atoms with Crippen LogP contribution in [-0.2, 0) is 4.79 Å². The van der Waals surface area contributed by atoms with Gasteiger partial charge in [0.05, 0.1) is 10.0 Å². The summed E-state index contributed by atoms with van der Waals surface area (Å²) in [7, 11) is 0. The predicted octanol–water partition coefficient (Wildman–Crippen LogP) is 4.30. The van der Waals surface area contributed by atoms with E-state index < -0.39 is 0 Å². The summed E-state index contributed by atoms with van der Waals surface area (Å²) in [6.45, 7) is 3.61. The van der Waals surface area contributed by atoms with Crippen LogP contribution in [0.1, 0.15) is 13.8 Å². The second kappa shape index (κ2) is 5.80. The summed E-state index contributed by atoms with van der Waals surface area (Å²) < 4.78 is 0. The standard InChI is InChI=1S/C11H10Cl2N2O2/c1-6(2)3-10(16)14-7-4-8(12)11(15-17)9(13)5-7/h3-5H,1-2H3,(H,14,16). The van der Waals surface area contributed by atoms with Crippen LogP contribution in [0.5, 0.6) is 0 Å². The molecule has 1 aromatic rings. The van der Waals surface area contributed by atoms with Gasteiger partial charge in [-0.1, -0.05) is 28.8 Å². The van der Waals surface area contributed by atoms with Crippen LogP contribution in [-0.4, -0.2) is 5.91 Å². The number of halogens is 2. The molecular weight excluding hydrogens is 263 g/mol. The van der Waals surface area contributed by atoms with E-state index in [1.165, 1.54) is 18.2 Å². The number of anilines is 1. The number of hydrogen-bond donors (Lipinski definition) is 1. The molecular formula is C11H10Cl2N2O2. The van der Waals surface area contributed by atoms with E-state index in [1.807, 2.05) is 0 Å². The average Bonchev–Trinajstić information content (AvgIpc) is 2.15. The van der Waals surface area contributed by atoms with E-state index in [-0.39, 0.29) is 21.6 Å². The molecule has 90 valence electrons. The van der Waals surface area contributed by atoms with E-state index in [4.69, 9.17) is 23.2 Å². The number of amides is 1. The van der Waals surface area contributed by atoms with Crippen molar-refractivity contribution in [3.05, 3.63) is 38.7 Å². The van der Waals surface area contributed by atoms with Gasteiger partial charge < -0.3 is 5.32 Å². The van der Waals surface area contributed by atoms with Crippen molar-refractivity contribution < 1.29 is 4.79 Å². The Hall–Kier alpha value is -1.39. The van der Waals surface area contributed by atoms with Gasteiger partial charge in [0.2, 0.25) is 5.91 Å². The van der Waals surface area contributed by atoms with Crippen LogP contribution in [0.15, 0.2) is 29.0 Å². The topological polar surface area (TPSA) is 58.5 Å². The summed E-state index contributed by atoms with van der Waals surface area (Å²) >= 11 is 11.6. The van der Waals surface area contributed by atoms with E-state index in [2.05, 4.69) is 10.5 Å². The Morgan fingerprint density at radius 1 is 1.29 bits per heavy atom. The number of carbonyl (C=O) groups excluding carboxylic acids is 1. The molecule has 1 rings (SSSR count). The molecule has 0 saturated heterocycles. The third kappa shape index (κ3) is 3.84. The van der Waals surface area contributed by atoms with Crippen LogP contribution >= 0.6 is 23.2 Å². The lowest BCUT2D eigenvalue weighted by Crippen LogP contribution is -2.08. The van der Waals surface area contributed by atoms with Crippen molar-refractivity contribution >= 4 is 40.5 Å². The molecule has 0 saturated carbocycles. The summed E-state index contributed by atoms with van der Waals surface area (Å²) in [4.78, 5) is 21.9. The van der Waals surface area contributed by atoms with Gasteiger partial charge in [-0.05, 0) is 31.2 Å². The molecule has 0 aromatic heterocycles. The van der Waals surface area contributed by atoms with Gasteiger partial charge in [0.1, 0.15) is 5.69 Å². The lowest BCUT2D eigenvalue weighted by Gasteiger charge is -2.05. The zero-order valence-corrected chi connectivity index (χ0v) is 10.8. The summed E-state index contributed by atoms with van der Waals surface area (Å²) in [5.74, 6) is -0.288. The molecule has 1 amide bonds. The maximum Gasteiger partial charge on any atom is 0.248 e. The van der Waals surface area contributed by atoms with Crippen LogP contribution in [0.4, 0.5) is 11.4 Å². The predicted molar refractivity (Wildman–Crippen MR) is 70.0 cm³/mol. The number of rotatable bonds is 3. The molecule has 17 heavy (non-hydrogen) atoms. The van der Waals surface area contributed by atoms with Gasteiger partial charge in [0.25, 0.3) is 0 Å². The highest BCUT2D eigenvalue weighted by Crippen LogP contribution is 2.35. The first-order chi connectivity index (χ1) is 7.93. The first-order valence-corrected chi connectivity index (χ1v) is 5.48. The number of nitrogens with zero attached hydrogens (tertiary/aromatic N) is 1. The average molecular weight is 273 g/mol. The highest BCUT2D eigenvalue weighted by Gasteiger charge is 2.09. The van der Waals surface area contributed by atoms with E-state index in [0.717, 1.165) is 5.57 Å². The monoisotopic (exact) mass is 272 g/mol. The summed E-state index contributed by atoms with van der Waals surface area (Å²) in [6.07, 6.45) is 1.44. The Bertz CT molecular complexity index is 471. The Morgan fingerprint density at radius 3 is 2.24 bits per heavy atom. The van der Waals surface area contributed by atoms with E-state index in [1.54, 1.807) is 13.8 Å². The highest BCUT2D eigenvalue weighted by atomic mass is 35.5. The third-order valence-electron chi connectivity index (χ3n) is 1.80. The zero-order valence-electron chi connectivity index (χ0n) is 9.25. The van der Waals surface area contributed by atoms with Gasteiger partial charge >= 0.3 is 0 Å². The maximum absolute atomic E-state index is 11.4. The smallest absolute Gasteiger partial charge is 0.248 e. The largest absolute Gasteiger partial charge is 0.322 e. The van der Waals surface area contributed by atoms with Crippen molar-refractivity contribution in [3.63, 3.8) is 0 Å². The Kier molecular flexibility index (Phi) is 4.66. The SMILES string of the molecule is CC(C)=CC(=O)Nc1cc(Cl)c(N=O)c(Cl)c1. The molecule has 0 spiro atoms. The maximum atomic E-state index is 11.4. The van der Waals surface area contributed by atoms with Crippen LogP contribution < -0.4 is 5.32 Å². The van der Waals surface area contributed by atoms with Gasteiger partial charge in [-0.25, -0.2) is 0 Å². The molecule has 0 aliphatic rings. The minimum absolute atomic E-state index is 0.0338. The van der Waals surface area contributed by atoms with Crippen molar-refractivity contribution in [2.75, 3.05) is 5.32 Å². The van der Waals surface area contributed by atoms with Crippen LogP contribution in [0.2, 0.25) is 10.0 Å². The minimum Gasteiger partial charge on any atom is -0.322 e. The number of allylic oxidation sites excluding steroid dienone is 1. The van der Waals surface area contributed by atoms with E-state index >= 15 is 0 Å². The fourth-order valence-electron chi connectivity index (χ4n) is 1.17. The second-order valence-corrected chi connectivity index (χ2v) is 4.41. The second-order valence-electron chi connectivity index (χ2n) is 3.59. The van der Waals surface area contributed by atoms with Crippen molar-refractivity contribution in [2.45, 2.75) is 13.8 Å². The zero-order chi connectivity index (χ0) is 13.0. The molecule has 0 radical (unpaired) electrons. The fraction of sp³-hybridized carbons (Fsp3) is 0.182. The Morgan fingerprint density at radius 2 is 1.82 bits per heavy atom. The van der Waals surface area contributed by atoms with Gasteiger partial charge in [0, 0.05) is 11.8 Å². The lowest BCUT2D eigenvalue weighted by atomic mass is 10.2. The molecule has 0 heterocycles. The quantitative estimate of drug-likeness (QED) is 0.659. The van der Waals surface area contributed by atoms with Gasteiger partial charge in [-0.3, -0.25) is 4.79 Å².